The summed E-state index contributed by atoms with van der Waals surface area (Å²) in [5.41, 5.74) is 0. The highest BCUT2D eigenvalue weighted by Gasteiger charge is 2.38. The molecule has 8 nitrogen and oxygen atoms in total. The van der Waals surface area contributed by atoms with E-state index in [0.29, 0.717) is 0 Å². The number of carbonyl (C=O) groups excluding carboxylic acids is 2. The number of morpholine rings is 1. The molecule has 1 heterocycles. The summed E-state index contributed by atoms with van der Waals surface area (Å²) in [4.78, 5) is 22.5. The van der Waals surface area contributed by atoms with Crippen molar-refractivity contribution in [3.05, 3.63) is 0 Å². The number of rotatable bonds is 5. The van der Waals surface area contributed by atoms with Crippen molar-refractivity contribution in [3.63, 3.8) is 0 Å². The molecule has 1 fully saturated rings. The maximum absolute atomic E-state index is 12.1. The Morgan fingerprint density at radius 3 is 2.58 bits per heavy atom. The van der Waals surface area contributed by atoms with Gasteiger partial charge in [-0.3, -0.25) is 9.59 Å². The van der Waals surface area contributed by atoms with E-state index in [1.54, 1.807) is 0 Å². The highest BCUT2D eigenvalue weighted by molar-refractivity contribution is 7.89. The van der Waals surface area contributed by atoms with E-state index in [1.165, 1.54) is 14.2 Å². The Morgan fingerprint density at radius 1 is 1.32 bits per heavy atom. The Hall–Kier alpha value is -1.19. The minimum atomic E-state index is -3.74. The lowest BCUT2D eigenvalue weighted by atomic mass is 10.3. The van der Waals surface area contributed by atoms with Crippen LogP contribution in [0.5, 0.6) is 0 Å². The Balaban J connectivity index is 2.78. The minimum absolute atomic E-state index is 0.0515. The van der Waals surface area contributed by atoms with Crippen LogP contribution in [0.4, 0.5) is 0 Å². The lowest BCUT2D eigenvalue weighted by molar-refractivity contribution is -0.149. The van der Waals surface area contributed by atoms with Crippen molar-refractivity contribution in [2.24, 2.45) is 0 Å². The zero-order valence-corrected chi connectivity index (χ0v) is 11.6. The van der Waals surface area contributed by atoms with E-state index in [9.17, 15) is 18.0 Å². The molecule has 0 aromatic rings. The maximum atomic E-state index is 12.1. The van der Waals surface area contributed by atoms with E-state index in [0.717, 1.165) is 4.31 Å². The predicted octanol–water partition coefficient (Wildman–Crippen LogP) is -1.25. The summed E-state index contributed by atoms with van der Waals surface area (Å²) in [5.74, 6) is -1.71. The third-order valence-corrected chi connectivity index (χ3v) is 4.57. The van der Waals surface area contributed by atoms with Gasteiger partial charge in [-0.2, -0.15) is 4.31 Å². The number of sulfonamides is 1. The summed E-state index contributed by atoms with van der Waals surface area (Å²) in [6, 6.07) is -0.999. The zero-order chi connectivity index (χ0) is 14.5. The number of hydrogen-bond donors (Lipinski definition) is 0. The second kappa shape index (κ2) is 6.83. The van der Waals surface area contributed by atoms with Crippen molar-refractivity contribution in [3.8, 4) is 0 Å². The van der Waals surface area contributed by atoms with Gasteiger partial charge in [-0.25, -0.2) is 8.42 Å². The number of esters is 2. The Kier molecular flexibility index (Phi) is 5.70. The molecule has 0 aliphatic carbocycles. The molecule has 0 aromatic carbocycles. The largest absolute Gasteiger partial charge is 0.469 e. The molecule has 1 unspecified atom stereocenters. The molecule has 0 radical (unpaired) electrons. The highest BCUT2D eigenvalue weighted by atomic mass is 32.2. The van der Waals surface area contributed by atoms with Gasteiger partial charge in [0.15, 0.2) is 0 Å². The van der Waals surface area contributed by atoms with Gasteiger partial charge >= 0.3 is 11.9 Å². The van der Waals surface area contributed by atoms with Crippen LogP contribution in [0.25, 0.3) is 0 Å². The second-order valence-electron chi connectivity index (χ2n) is 3.87. The van der Waals surface area contributed by atoms with Crippen LogP contribution < -0.4 is 0 Å². The van der Waals surface area contributed by atoms with Crippen molar-refractivity contribution in [1.29, 1.82) is 0 Å². The molecular weight excluding hydrogens is 278 g/mol. The maximum Gasteiger partial charge on any atom is 0.326 e. The van der Waals surface area contributed by atoms with Gasteiger partial charge < -0.3 is 14.2 Å². The van der Waals surface area contributed by atoms with Gasteiger partial charge in [0, 0.05) is 6.54 Å². The first-order valence-electron chi connectivity index (χ1n) is 5.64. The number of carbonyl (C=O) groups is 2. The van der Waals surface area contributed by atoms with E-state index in [2.05, 4.69) is 9.47 Å². The molecule has 0 spiro atoms. The topological polar surface area (TPSA) is 99.2 Å². The summed E-state index contributed by atoms with van der Waals surface area (Å²) in [5, 5.41) is 0. The van der Waals surface area contributed by atoms with Crippen molar-refractivity contribution in [2.45, 2.75) is 12.5 Å². The van der Waals surface area contributed by atoms with Crippen LogP contribution in [0, 0.1) is 0 Å². The number of ether oxygens (including phenoxy) is 3. The first-order valence-corrected chi connectivity index (χ1v) is 7.25. The number of nitrogens with zero attached hydrogens (tertiary/aromatic N) is 1. The monoisotopic (exact) mass is 295 g/mol. The van der Waals surface area contributed by atoms with Gasteiger partial charge in [0.05, 0.1) is 39.6 Å². The summed E-state index contributed by atoms with van der Waals surface area (Å²) in [7, 11) is -1.38. The fourth-order valence-electron chi connectivity index (χ4n) is 1.67. The molecule has 1 saturated heterocycles. The molecule has 0 aromatic heterocycles. The van der Waals surface area contributed by atoms with E-state index in [-0.39, 0.29) is 26.2 Å². The van der Waals surface area contributed by atoms with Crippen molar-refractivity contribution < 1.29 is 32.2 Å². The molecule has 1 atom stereocenters. The quantitative estimate of drug-likeness (QED) is 0.584. The molecule has 1 aliphatic rings. The first kappa shape index (κ1) is 15.9. The summed E-state index contributed by atoms with van der Waals surface area (Å²) in [6.07, 6.45) is -0.260. The van der Waals surface area contributed by atoms with Crippen LogP contribution in [0.15, 0.2) is 0 Å². The molecule has 0 bridgehead atoms. The SMILES string of the molecule is COC(=O)CCS(=O)(=O)N1CCOCC1C(=O)OC. The van der Waals surface area contributed by atoms with Crippen LogP contribution in [0.3, 0.4) is 0 Å². The van der Waals surface area contributed by atoms with E-state index >= 15 is 0 Å². The van der Waals surface area contributed by atoms with Gasteiger partial charge in [0.1, 0.15) is 6.04 Å². The normalized spacial score (nSPS) is 20.8. The molecule has 0 saturated carbocycles. The fourth-order valence-corrected chi connectivity index (χ4v) is 3.22. The van der Waals surface area contributed by atoms with Crippen LogP contribution in [0.2, 0.25) is 0 Å². The molecular formula is C10H17NO7S. The molecule has 0 amide bonds. The van der Waals surface area contributed by atoms with Gasteiger partial charge in [-0.05, 0) is 0 Å². The summed E-state index contributed by atoms with van der Waals surface area (Å²) >= 11 is 0. The van der Waals surface area contributed by atoms with Crippen molar-refractivity contribution in [2.75, 3.05) is 39.7 Å². The Labute approximate surface area is 111 Å². The van der Waals surface area contributed by atoms with Crippen molar-refractivity contribution in [1.82, 2.24) is 4.31 Å². The van der Waals surface area contributed by atoms with Crippen LogP contribution in [-0.2, 0) is 33.8 Å². The number of hydrogen-bond acceptors (Lipinski definition) is 7. The molecule has 110 valence electrons. The Morgan fingerprint density at radius 2 is 2.00 bits per heavy atom. The number of methoxy groups -OCH3 is 2. The molecule has 19 heavy (non-hydrogen) atoms. The zero-order valence-electron chi connectivity index (χ0n) is 10.8. The third kappa shape index (κ3) is 4.15. The standard InChI is InChI=1S/C10H17NO7S/c1-16-9(12)3-6-19(14,15)11-4-5-18-7-8(11)10(13)17-2/h8H,3-7H2,1-2H3. The van der Waals surface area contributed by atoms with Gasteiger partial charge in [-0.15, -0.1) is 0 Å². The molecule has 1 aliphatic heterocycles. The van der Waals surface area contributed by atoms with E-state index in [4.69, 9.17) is 4.74 Å². The van der Waals surface area contributed by atoms with Gasteiger partial charge in [0.25, 0.3) is 0 Å². The average Bonchev–Trinajstić information content (AvgIpc) is 2.43. The predicted molar refractivity (Wildman–Crippen MR) is 63.7 cm³/mol. The summed E-state index contributed by atoms with van der Waals surface area (Å²) in [6.45, 7) is 0.207. The third-order valence-electron chi connectivity index (χ3n) is 2.70. The van der Waals surface area contributed by atoms with Gasteiger partial charge in [0.2, 0.25) is 10.0 Å². The second-order valence-corrected chi connectivity index (χ2v) is 5.91. The molecule has 9 heteroatoms. The molecule has 0 N–H and O–H groups in total. The van der Waals surface area contributed by atoms with E-state index in [1.807, 2.05) is 0 Å². The van der Waals surface area contributed by atoms with Crippen LogP contribution in [-0.4, -0.2) is 70.4 Å². The van der Waals surface area contributed by atoms with Crippen molar-refractivity contribution >= 4 is 22.0 Å². The lowest BCUT2D eigenvalue weighted by Gasteiger charge is -2.32. The summed E-state index contributed by atoms with van der Waals surface area (Å²) < 4.78 is 39.2. The van der Waals surface area contributed by atoms with Crippen LogP contribution in [0.1, 0.15) is 6.42 Å². The highest BCUT2D eigenvalue weighted by Crippen LogP contribution is 2.15. The van der Waals surface area contributed by atoms with Gasteiger partial charge in [-0.1, -0.05) is 0 Å². The fraction of sp³-hybridized carbons (Fsp3) is 0.800. The van der Waals surface area contributed by atoms with E-state index < -0.39 is 33.8 Å². The molecule has 1 rings (SSSR count). The minimum Gasteiger partial charge on any atom is -0.469 e. The first-order chi connectivity index (χ1) is 8.92. The van der Waals surface area contributed by atoms with Crippen LogP contribution >= 0.6 is 0 Å². The smallest absolute Gasteiger partial charge is 0.326 e. The lowest BCUT2D eigenvalue weighted by Crippen LogP contribution is -2.53. The average molecular weight is 295 g/mol. The Bertz CT molecular complexity index is 433.